The number of benzene rings is 2. The van der Waals surface area contributed by atoms with Crippen LogP contribution in [-0.4, -0.2) is 5.11 Å². The number of rotatable bonds is 2. The second-order valence-electron chi connectivity index (χ2n) is 5.29. The Morgan fingerprint density at radius 3 is 2.80 bits per heavy atom. The molecule has 2 aromatic rings. The average molecular weight is 335 g/mol. The van der Waals surface area contributed by atoms with Gasteiger partial charge in [0.15, 0.2) is 0 Å². The van der Waals surface area contributed by atoms with Crippen molar-refractivity contribution in [2.24, 2.45) is 0 Å². The molecular formula is C17H16BrFO. The van der Waals surface area contributed by atoms with Crippen molar-refractivity contribution in [3.05, 3.63) is 69.4 Å². The predicted molar refractivity (Wildman–Crippen MR) is 81.2 cm³/mol. The second-order valence-corrected chi connectivity index (χ2v) is 6.14. The molecular weight excluding hydrogens is 319 g/mol. The van der Waals surface area contributed by atoms with E-state index in [0.717, 1.165) is 24.8 Å². The Bertz CT molecular complexity index is 626. The molecule has 1 aliphatic carbocycles. The number of halogens is 2. The molecule has 0 spiro atoms. The maximum atomic E-state index is 14.2. The van der Waals surface area contributed by atoms with Crippen LogP contribution in [0.15, 0.2) is 46.9 Å². The van der Waals surface area contributed by atoms with Crippen LogP contribution >= 0.6 is 15.9 Å². The number of hydrogen-bond donors (Lipinski definition) is 1. The summed E-state index contributed by atoms with van der Waals surface area (Å²) in [5, 5.41) is 10.6. The first-order chi connectivity index (χ1) is 9.68. The molecule has 1 N–H and O–H groups in total. The van der Waals surface area contributed by atoms with Gasteiger partial charge in [0.05, 0.1) is 10.6 Å². The van der Waals surface area contributed by atoms with Gasteiger partial charge in [-0.3, -0.25) is 0 Å². The summed E-state index contributed by atoms with van der Waals surface area (Å²) in [5.74, 6) is -0.383. The molecule has 0 heterocycles. The normalized spacial score (nSPS) is 19.4. The largest absolute Gasteiger partial charge is 0.388 e. The van der Waals surface area contributed by atoms with E-state index in [0.29, 0.717) is 10.0 Å². The van der Waals surface area contributed by atoms with Crippen molar-refractivity contribution in [3.63, 3.8) is 0 Å². The SMILES string of the molecule is OC(c1cccc(Br)c1F)C1CCCc2ccccc21. The van der Waals surface area contributed by atoms with E-state index in [1.807, 2.05) is 12.1 Å². The zero-order valence-electron chi connectivity index (χ0n) is 11.0. The van der Waals surface area contributed by atoms with Crippen LogP contribution in [0.5, 0.6) is 0 Å². The Morgan fingerprint density at radius 2 is 1.95 bits per heavy atom. The van der Waals surface area contributed by atoms with Gasteiger partial charge in [0.2, 0.25) is 0 Å². The van der Waals surface area contributed by atoms with Gasteiger partial charge < -0.3 is 5.11 Å². The van der Waals surface area contributed by atoms with Gasteiger partial charge in [-0.2, -0.15) is 0 Å². The Kier molecular flexibility index (Phi) is 3.90. The summed E-state index contributed by atoms with van der Waals surface area (Å²) in [4.78, 5) is 0. The molecule has 0 fully saturated rings. The molecule has 0 aromatic heterocycles. The van der Waals surface area contributed by atoms with Gasteiger partial charge in [0, 0.05) is 11.5 Å². The van der Waals surface area contributed by atoms with E-state index in [1.165, 1.54) is 5.56 Å². The van der Waals surface area contributed by atoms with E-state index in [1.54, 1.807) is 18.2 Å². The summed E-state index contributed by atoms with van der Waals surface area (Å²) in [6, 6.07) is 13.3. The summed E-state index contributed by atoms with van der Waals surface area (Å²) in [7, 11) is 0. The Balaban J connectivity index is 2.00. The summed E-state index contributed by atoms with van der Waals surface area (Å²) in [6.45, 7) is 0. The first kappa shape index (κ1) is 13.8. The van der Waals surface area contributed by atoms with Crippen molar-refractivity contribution >= 4 is 15.9 Å². The number of hydrogen-bond acceptors (Lipinski definition) is 1. The zero-order chi connectivity index (χ0) is 14.1. The fourth-order valence-electron chi connectivity index (χ4n) is 3.09. The Morgan fingerprint density at radius 1 is 1.15 bits per heavy atom. The van der Waals surface area contributed by atoms with Crippen LogP contribution in [0.1, 0.15) is 41.6 Å². The molecule has 0 bridgehead atoms. The lowest BCUT2D eigenvalue weighted by Gasteiger charge is -2.30. The molecule has 2 aromatic carbocycles. The van der Waals surface area contributed by atoms with Crippen LogP contribution in [-0.2, 0) is 6.42 Å². The zero-order valence-corrected chi connectivity index (χ0v) is 12.6. The highest BCUT2D eigenvalue weighted by molar-refractivity contribution is 9.10. The molecule has 0 saturated carbocycles. The van der Waals surface area contributed by atoms with Gasteiger partial charge in [-0.05, 0) is 52.4 Å². The molecule has 3 rings (SSSR count). The molecule has 0 radical (unpaired) electrons. The third kappa shape index (κ3) is 2.40. The second kappa shape index (κ2) is 5.66. The maximum absolute atomic E-state index is 14.2. The van der Waals surface area contributed by atoms with Crippen LogP contribution in [0.25, 0.3) is 0 Å². The van der Waals surface area contributed by atoms with Crippen LogP contribution in [0.2, 0.25) is 0 Å². The highest BCUT2D eigenvalue weighted by Gasteiger charge is 2.29. The van der Waals surface area contributed by atoms with Gasteiger partial charge in [0.1, 0.15) is 5.82 Å². The molecule has 3 heteroatoms. The molecule has 1 nitrogen and oxygen atoms in total. The minimum Gasteiger partial charge on any atom is -0.388 e. The molecule has 20 heavy (non-hydrogen) atoms. The highest BCUT2D eigenvalue weighted by Crippen LogP contribution is 2.41. The van der Waals surface area contributed by atoms with Crippen molar-refractivity contribution in [2.45, 2.75) is 31.3 Å². The predicted octanol–water partition coefficient (Wildman–Crippen LogP) is 4.74. The van der Waals surface area contributed by atoms with Gasteiger partial charge in [0.25, 0.3) is 0 Å². The van der Waals surface area contributed by atoms with E-state index < -0.39 is 6.10 Å². The van der Waals surface area contributed by atoms with Crippen LogP contribution in [0, 0.1) is 5.82 Å². The minimum atomic E-state index is -0.797. The van der Waals surface area contributed by atoms with Gasteiger partial charge in [-0.1, -0.05) is 36.4 Å². The molecule has 0 saturated heterocycles. The fourth-order valence-corrected chi connectivity index (χ4v) is 3.47. The Labute approximate surface area is 126 Å². The van der Waals surface area contributed by atoms with Crippen molar-refractivity contribution in [2.75, 3.05) is 0 Å². The van der Waals surface area contributed by atoms with Gasteiger partial charge >= 0.3 is 0 Å². The van der Waals surface area contributed by atoms with Gasteiger partial charge in [-0.25, -0.2) is 4.39 Å². The maximum Gasteiger partial charge on any atom is 0.143 e. The number of fused-ring (bicyclic) bond motifs is 1. The summed E-state index contributed by atoms with van der Waals surface area (Å²) >= 11 is 3.18. The van der Waals surface area contributed by atoms with Crippen LogP contribution in [0.3, 0.4) is 0 Å². The number of aryl methyl sites for hydroxylation is 1. The van der Waals surface area contributed by atoms with E-state index in [4.69, 9.17) is 0 Å². The Hall–Kier alpha value is -1.19. The lowest BCUT2D eigenvalue weighted by molar-refractivity contribution is 0.132. The monoisotopic (exact) mass is 334 g/mol. The molecule has 1 aliphatic rings. The summed E-state index contributed by atoms with van der Waals surface area (Å²) in [5.41, 5.74) is 2.81. The smallest absolute Gasteiger partial charge is 0.143 e. The van der Waals surface area contributed by atoms with E-state index in [2.05, 4.69) is 28.1 Å². The highest BCUT2D eigenvalue weighted by atomic mass is 79.9. The standard InChI is InChI=1S/C17H16BrFO/c18-15-10-4-9-14(16(15)19)17(20)13-8-3-6-11-5-1-2-7-12(11)13/h1-2,4-5,7,9-10,13,17,20H,3,6,8H2. The molecule has 2 unspecified atom stereocenters. The van der Waals surface area contributed by atoms with Crippen molar-refractivity contribution < 1.29 is 9.50 Å². The van der Waals surface area contributed by atoms with E-state index in [9.17, 15) is 9.50 Å². The molecule has 104 valence electrons. The van der Waals surface area contributed by atoms with Crippen molar-refractivity contribution in [1.82, 2.24) is 0 Å². The first-order valence-electron chi connectivity index (χ1n) is 6.88. The van der Waals surface area contributed by atoms with Crippen molar-refractivity contribution in [1.29, 1.82) is 0 Å². The number of aliphatic hydroxyl groups excluding tert-OH is 1. The summed E-state index contributed by atoms with van der Waals surface area (Å²) in [6.07, 6.45) is 2.17. The van der Waals surface area contributed by atoms with Crippen LogP contribution in [0.4, 0.5) is 4.39 Å². The third-order valence-electron chi connectivity index (χ3n) is 4.10. The lowest BCUT2D eigenvalue weighted by Crippen LogP contribution is -2.18. The number of aliphatic hydroxyl groups is 1. The molecule has 0 aliphatic heterocycles. The average Bonchev–Trinajstić information content (AvgIpc) is 2.49. The van der Waals surface area contributed by atoms with Gasteiger partial charge in [-0.15, -0.1) is 0 Å². The van der Waals surface area contributed by atoms with Crippen LogP contribution < -0.4 is 0 Å². The third-order valence-corrected chi connectivity index (χ3v) is 4.71. The topological polar surface area (TPSA) is 20.2 Å². The first-order valence-corrected chi connectivity index (χ1v) is 7.67. The van der Waals surface area contributed by atoms with E-state index in [-0.39, 0.29) is 11.7 Å². The van der Waals surface area contributed by atoms with E-state index >= 15 is 0 Å². The fraction of sp³-hybridized carbons (Fsp3) is 0.294. The molecule has 2 atom stereocenters. The van der Waals surface area contributed by atoms with Crippen molar-refractivity contribution in [3.8, 4) is 0 Å². The molecule has 0 amide bonds. The summed E-state index contributed by atoms with van der Waals surface area (Å²) < 4.78 is 14.6. The minimum absolute atomic E-state index is 0.0243. The lowest BCUT2D eigenvalue weighted by atomic mass is 9.78. The quantitative estimate of drug-likeness (QED) is 0.840.